The minimum Gasteiger partial charge on any atom is -0.297 e. The zero-order valence-electron chi connectivity index (χ0n) is 10.6. The van der Waals surface area contributed by atoms with Crippen molar-refractivity contribution in [3.8, 4) is 0 Å². The zero-order valence-corrected chi connectivity index (χ0v) is 12.9. The van der Waals surface area contributed by atoms with E-state index in [9.17, 15) is 8.42 Å². The normalized spacial score (nSPS) is 20.9. The molecule has 0 saturated carbocycles. The van der Waals surface area contributed by atoms with E-state index in [4.69, 9.17) is 23.2 Å². The van der Waals surface area contributed by atoms with Crippen LogP contribution in [0.2, 0.25) is 10.0 Å². The molecule has 0 aliphatic carbocycles. The SMILES string of the molecule is CS(=O)(=O)N[C@H]1CCN(Cc2cc(Cl)ccc2Cl)C1. The predicted octanol–water partition coefficient (Wildman–Crippen LogP) is 2.12. The molecule has 106 valence electrons. The number of rotatable bonds is 4. The third-order valence-electron chi connectivity index (χ3n) is 3.05. The Kier molecular flexibility index (Phi) is 4.74. The van der Waals surface area contributed by atoms with Crippen LogP contribution in [0, 0.1) is 0 Å². The summed E-state index contributed by atoms with van der Waals surface area (Å²) in [6, 6.07) is 5.36. The van der Waals surface area contributed by atoms with E-state index < -0.39 is 10.0 Å². The number of nitrogens with one attached hydrogen (secondary N) is 1. The minimum absolute atomic E-state index is 0.0204. The number of likely N-dealkylation sites (tertiary alicyclic amines) is 1. The van der Waals surface area contributed by atoms with Crippen LogP contribution in [-0.4, -0.2) is 38.7 Å². The van der Waals surface area contributed by atoms with Gasteiger partial charge in [-0.15, -0.1) is 0 Å². The molecule has 1 aliphatic heterocycles. The van der Waals surface area contributed by atoms with Gasteiger partial charge in [0.2, 0.25) is 10.0 Å². The average Bonchev–Trinajstić information content (AvgIpc) is 2.68. The van der Waals surface area contributed by atoms with Crippen molar-refractivity contribution in [2.75, 3.05) is 19.3 Å². The average molecular weight is 323 g/mol. The second-order valence-electron chi connectivity index (χ2n) is 4.85. The summed E-state index contributed by atoms with van der Waals surface area (Å²) in [5.74, 6) is 0. The third-order valence-corrected chi connectivity index (χ3v) is 4.42. The number of hydrogen-bond donors (Lipinski definition) is 1. The Labute approximate surface area is 123 Å². The van der Waals surface area contributed by atoms with Crippen molar-refractivity contribution in [3.05, 3.63) is 33.8 Å². The molecular formula is C12H16Cl2N2O2S. The Hall–Kier alpha value is -0.330. The van der Waals surface area contributed by atoms with Gasteiger partial charge in [-0.2, -0.15) is 0 Å². The van der Waals surface area contributed by atoms with Crippen LogP contribution in [0.1, 0.15) is 12.0 Å². The first-order chi connectivity index (χ1) is 8.83. The van der Waals surface area contributed by atoms with Crippen molar-refractivity contribution in [3.63, 3.8) is 0 Å². The van der Waals surface area contributed by atoms with E-state index in [2.05, 4.69) is 9.62 Å². The molecule has 0 spiro atoms. The maximum Gasteiger partial charge on any atom is 0.208 e. The van der Waals surface area contributed by atoms with Gasteiger partial charge in [0.1, 0.15) is 0 Å². The minimum atomic E-state index is -3.14. The molecule has 1 aromatic rings. The Morgan fingerprint density at radius 1 is 1.42 bits per heavy atom. The second kappa shape index (κ2) is 5.97. The first-order valence-corrected chi connectivity index (χ1v) is 8.62. The highest BCUT2D eigenvalue weighted by molar-refractivity contribution is 7.88. The van der Waals surface area contributed by atoms with Crippen LogP contribution < -0.4 is 4.72 Å². The van der Waals surface area contributed by atoms with Crippen molar-refractivity contribution in [1.29, 1.82) is 0 Å². The molecule has 1 aliphatic rings. The van der Waals surface area contributed by atoms with E-state index in [0.717, 1.165) is 18.5 Å². The summed E-state index contributed by atoms with van der Waals surface area (Å²) >= 11 is 12.1. The molecule has 19 heavy (non-hydrogen) atoms. The van der Waals surface area contributed by atoms with Gasteiger partial charge >= 0.3 is 0 Å². The first kappa shape index (κ1) is 15.1. The van der Waals surface area contributed by atoms with Crippen molar-refractivity contribution in [2.45, 2.75) is 19.0 Å². The van der Waals surface area contributed by atoms with Crippen molar-refractivity contribution >= 4 is 33.2 Å². The molecule has 1 atom stereocenters. The Bertz CT molecular complexity index is 563. The molecule has 1 aromatic carbocycles. The predicted molar refractivity (Wildman–Crippen MR) is 78.1 cm³/mol. The second-order valence-corrected chi connectivity index (χ2v) is 7.47. The summed E-state index contributed by atoms with van der Waals surface area (Å²) in [5, 5.41) is 1.34. The number of halogens is 2. The molecule has 0 bridgehead atoms. The fraction of sp³-hybridized carbons (Fsp3) is 0.500. The number of hydrogen-bond acceptors (Lipinski definition) is 3. The Morgan fingerprint density at radius 3 is 2.84 bits per heavy atom. The lowest BCUT2D eigenvalue weighted by atomic mass is 10.2. The van der Waals surface area contributed by atoms with Crippen molar-refractivity contribution < 1.29 is 8.42 Å². The van der Waals surface area contributed by atoms with Crippen molar-refractivity contribution in [1.82, 2.24) is 9.62 Å². The largest absolute Gasteiger partial charge is 0.297 e. The number of sulfonamides is 1. The molecule has 0 unspecified atom stereocenters. The molecule has 1 N–H and O–H groups in total. The summed E-state index contributed by atoms with van der Waals surface area (Å²) in [6.45, 7) is 2.22. The van der Waals surface area contributed by atoms with E-state index in [1.165, 1.54) is 6.26 Å². The van der Waals surface area contributed by atoms with Gasteiger partial charge in [-0.1, -0.05) is 23.2 Å². The van der Waals surface area contributed by atoms with E-state index in [0.29, 0.717) is 23.1 Å². The van der Waals surface area contributed by atoms with Gasteiger partial charge in [0.25, 0.3) is 0 Å². The highest BCUT2D eigenvalue weighted by atomic mass is 35.5. The molecule has 1 heterocycles. The molecule has 1 saturated heterocycles. The van der Waals surface area contributed by atoms with Crippen LogP contribution in [0.3, 0.4) is 0 Å². The van der Waals surface area contributed by atoms with E-state index in [1.54, 1.807) is 12.1 Å². The smallest absolute Gasteiger partial charge is 0.208 e. The maximum absolute atomic E-state index is 11.2. The molecule has 1 fully saturated rings. The first-order valence-electron chi connectivity index (χ1n) is 5.97. The molecule has 0 aromatic heterocycles. The van der Waals surface area contributed by atoms with Gasteiger partial charge < -0.3 is 0 Å². The molecular weight excluding hydrogens is 307 g/mol. The van der Waals surface area contributed by atoms with Crippen LogP contribution in [0.4, 0.5) is 0 Å². The Morgan fingerprint density at radius 2 is 2.16 bits per heavy atom. The quantitative estimate of drug-likeness (QED) is 0.923. The number of nitrogens with zero attached hydrogens (tertiary/aromatic N) is 1. The molecule has 0 amide bonds. The molecule has 4 nitrogen and oxygen atoms in total. The highest BCUT2D eigenvalue weighted by Gasteiger charge is 2.25. The zero-order chi connectivity index (χ0) is 14.0. The summed E-state index contributed by atoms with van der Waals surface area (Å²) < 4.78 is 25.0. The third kappa shape index (κ3) is 4.61. The van der Waals surface area contributed by atoms with Gasteiger partial charge in [0.15, 0.2) is 0 Å². The monoisotopic (exact) mass is 322 g/mol. The summed E-state index contributed by atoms with van der Waals surface area (Å²) in [7, 11) is -3.14. The summed E-state index contributed by atoms with van der Waals surface area (Å²) in [5.41, 5.74) is 0.967. The fourth-order valence-electron chi connectivity index (χ4n) is 2.28. The molecule has 2 rings (SSSR count). The lowest BCUT2D eigenvalue weighted by Gasteiger charge is -2.17. The van der Waals surface area contributed by atoms with Gasteiger partial charge in [-0.25, -0.2) is 13.1 Å². The lowest BCUT2D eigenvalue weighted by molar-refractivity contribution is 0.325. The van der Waals surface area contributed by atoms with Crippen LogP contribution in [0.15, 0.2) is 18.2 Å². The number of benzene rings is 1. The maximum atomic E-state index is 11.2. The van der Waals surface area contributed by atoms with Crippen LogP contribution >= 0.6 is 23.2 Å². The Balaban J connectivity index is 1.97. The van der Waals surface area contributed by atoms with E-state index >= 15 is 0 Å². The standard InChI is InChI=1S/C12H16Cl2N2O2S/c1-19(17,18)15-11-4-5-16(8-11)7-9-6-10(13)2-3-12(9)14/h2-3,6,11,15H,4-5,7-8H2,1H3/t11-/m0/s1. The molecule has 0 radical (unpaired) electrons. The molecule has 7 heteroatoms. The van der Waals surface area contributed by atoms with Crippen molar-refractivity contribution in [2.24, 2.45) is 0 Å². The summed E-state index contributed by atoms with van der Waals surface area (Å²) in [4.78, 5) is 2.17. The van der Waals surface area contributed by atoms with Gasteiger partial charge in [0, 0.05) is 35.7 Å². The fourth-order valence-corrected chi connectivity index (χ4v) is 3.45. The summed E-state index contributed by atoms with van der Waals surface area (Å²) in [6.07, 6.45) is 1.99. The van der Waals surface area contributed by atoms with Gasteiger partial charge in [-0.3, -0.25) is 4.90 Å². The van der Waals surface area contributed by atoms with Crippen LogP contribution in [0.5, 0.6) is 0 Å². The highest BCUT2D eigenvalue weighted by Crippen LogP contribution is 2.23. The van der Waals surface area contributed by atoms with E-state index in [1.807, 2.05) is 6.07 Å². The van der Waals surface area contributed by atoms with Gasteiger partial charge in [-0.05, 0) is 30.2 Å². The van der Waals surface area contributed by atoms with E-state index in [-0.39, 0.29) is 6.04 Å². The van der Waals surface area contributed by atoms with Crippen LogP contribution in [0.25, 0.3) is 0 Å². The van der Waals surface area contributed by atoms with Crippen LogP contribution in [-0.2, 0) is 16.6 Å². The lowest BCUT2D eigenvalue weighted by Crippen LogP contribution is -2.36. The van der Waals surface area contributed by atoms with Gasteiger partial charge in [0.05, 0.1) is 6.26 Å². The topological polar surface area (TPSA) is 49.4 Å².